The van der Waals surface area contributed by atoms with Crippen LogP contribution in [0.15, 0.2) is 0 Å². The molecular formula is C2H5KNa4O14P2. The average molecular weight is 446 g/mol. The van der Waals surface area contributed by atoms with Gasteiger partial charge < -0.3 is 63.9 Å². The number of carbonyl (C=O) groups is 2. The van der Waals surface area contributed by atoms with Crippen molar-refractivity contribution in [3.05, 3.63) is 0 Å². The first-order valence-electron chi connectivity index (χ1n) is 2.78. The first-order valence-corrected chi connectivity index (χ1v) is 5.80. The maximum absolute atomic E-state index is 8.77. The van der Waals surface area contributed by atoms with Gasteiger partial charge in [-0.3, -0.25) is 4.57 Å². The van der Waals surface area contributed by atoms with Crippen LogP contribution in [-0.2, 0) is 9.13 Å². The van der Waals surface area contributed by atoms with Crippen LogP contribution < -0.4 is 195 Å². The van der Waals surface area contributed by atoms with Gasteiger partial charge in [0.25, 0.3) is 7.82 Å². The molecule has 0 saturated carbocycles. The van der Waals surface area contributed by atoms with E-state index in [2.05, 4.69) is 0 Å². The summed E-state index contributed by atoms with van der Waals surface area (Å²) in [7, 11) is -10.0. The molecular weight excluding hydrogens is 441 g/mol. The molecule has 0 bridgehead atoms. The number of phosphoric acid groups is 2. The Morgan fingerprint density at radius 3 is 0.696 bits per heavy atom. The SMILES string of the molecule is O=C([O-])O.O=C([O-])O.O=P([O-])(O)O.O=P([O-])([O-])O.[K+].[Na+].[Na+].[Na+].[Na+]. The van der Waals surface area contributed by atoms with Crippen LogP contribution in [0.3, 0.4) is 0 Å². The van der Waals surface area contributed by atoms with Gasteiger partial charge in [-0.2, -0.15) is 0 Å². The Morgan fingerprint density at radius 2 is 0.696 bits per heavy atom. The molecule has 112 valence electrons. The molecule has 14 nitrogen and oxygen atoms in total. The van der Waals surface area contributed by atoms with Crippen LogP contribution in [-0.4, -0.2) is 37.2 Å². The molecule has 0 atom stereocenters. The first kappa shape index (κ1) is 56.4. The zero-order valence-electron chi connectivity index (χ0n) is 12.8. The Kier molecular flexibility index (Phi) is 83.2. The monoisotopic (exact) mass is 446 g/mol. The summed E-state index contributed by atoms with van der Waals surface area (Å²) in [5, 5.41) is 30.6. The van der Waals surface area contributed by atoms with E-state index in [1.54, 1.807) is 0 Å². The van der Waals surface area contributed by atoms with Crippen molar-refractivity contribution in [3.8, 4) is 0 Å². The molecule has 0 aliphatic heterocycles. The third kappa shape index (κ3) is 813. The van der Waals surface area contributed by atoms with Gasteiger partial charge in [-0.15, -0.1) is 0 Å². The van der Waals surface area contributed by atoms with Crippen LogP contribution in [0.1, 0.15) is 0 Å². The normalized spacial score (nSPS) is 7.22. The number of hydrogen-bond acceptors (Lipinski definition) is 9. The van der Waals surface area contributed by atoms with Crippen molar-refractivity contribution >= 4 is 28.0 Å². The molecule has 0 aliphatic carbocycles. The average Bonchev–Trinajstić information content (AvgIpc) is 1.70. The Balaban J connectivity index is -0.0000000152. The van der Waals surface area contributed by atoms with E-state index in [-0.39, 0.29) is 170 Å². The summed E-state index contributed by atoms with van der Waals surface area (Å²) in [5.74, 6) is 0. The predicted octanol–water partition coefficient (Wildman–Crippen LogP) is -21.0. The third-order valence-electron chi connectivity index (χ3n) is 0. The van der Waals surface area contributed by atoms with E-state index in [4.69, 9.17) is 68.5 Å². The zero-order valence-corrected chi connectivity index (χ0v) is 25.7. The van der Waals surface area contributed by atoms with Gasteiger partial charge >= 0.3 is 170 Å². The first-order chi connectivity index (χ1) is 7.46. The van der Waals surface area contributed by atoms with Crippen molar-refractivity contribution in [1.29, 1.82) is 0 Å². The van der Waals surface area contributed by atoms with Crippen LogP contribution >= 0.6 is 15.6 Å². The van der Waals surface area contributed by atoms with Gasteiger partial charge in [0, 0.05) is 0 Å². The predicted molar refractivity (Wildman–Crippen MR) is 37.9 cm³/mol. The standard InChI is InChI=1S/2CH2O3.K.4Na.2H3O4P/c2*2-1(3)4;;;;;;2*1-5(2,3)4/h2*(H2,2,3,4);;;;;;2*(H3,1,2,3,4)/q;;5*+1;;/p-5. The molecule has 0 rings (SSSR count). The second kappa shape index (κ2) is 33.9. The van der Waals surface area contributed by atoms with E-state index in [1.807, 2.05) is 0 Å². The fourth-order valence-electron chi connectivity index (χ4n) is 0. The Morgan fingerprint density at radius 1 is 0.696 bits per heavy atom. The summed E-state index contributed by atoms with van der Waals surface area (Å²) in [6.45, 7) is 0. The van der Waals surface area contributed by atoms with E-state index in [0.717, 1.165) is 0 Å². The van der Waals surface area contributed by atoms with Gasteiger partial charge in [0.15, 0.2) is 0 Å². The second-order valence-corrected chi connectivity index (χ2v) is 3.41. The van der Waals surface area contributed by atoms with E-state index in [0.29, 0.717) is 0 Å². The van der Waals surface area contributed by atoms with Gasteiger partial charge in [0.1, 0.15) is 0 Å². The maximum atomic E-state index is 8.77. The van der Waals surface area contributed by atoms with E-state index < -0.39 is 28.0 Å². The number of rotatable bonds is 0. The third-order valence-corrected chi connectivity index (χ3v) is 0. The van der Waals surface area contributed by atoms with Crippen molar-refractivity contribution in [2.45, 2.75) is 0 Å². The van der Waals surface area contributed by atoms with Gasteiger partial charge in [0.05, 0.1) is 7.82 Å². The minimum atomic E-state index is -5.14. The Labute approximate surface area is 260 Å². The molecule has 0 aromatic carbocycles. The van der Waals surface area contributed by atoms with E-state index >= 15 is 0 Å². The van der Waals surface area contributed by atoms with Gasteiger partial charge in [-0.1, -0.05) is 0 Å². The van der Waals surface area contributed by atoms with E-state index in [9.17, 15) is 0 Å². The maximum Gasteiger partial charge on any atom is 1.00 e. The van der Waals surface area contributed by atoms with Crippen molar-refractivity contribution in [2.75, 3.05) is 0 Å². The molecule has 0 spiro atoms. The minimum Gasteiger partial charge on any atom is -0.790 e. The fourth-order valence-corrected chi connectivity index (χ4v) is 0. The Bertz CT molecular complexity index is 270. The second-order valence-electron chi connectivity index (χ2n) is 1.49. The van der Waals surface area contributed by atoms with Gasteiger partial charge in [-0.25, -0.2) is 0 Å². The molecule has 0 radical (unpaired) electrons. The quantitative estimate of drug-likeness (QED) is 0.171. The van der Waals surface area contributed by atoms with Crippen molar-refractivity contribution in [2.24, 2.45) is 0 Å². The van der Waals surface area contributed by atoms with Crippen LogP contribution in [0.25, 0.3) is 0 Å². The number of carboxylic acid groups (broad SMARTS) is 4. The van der Waals surface area contributed by atoms with Crippen molar-refractivity contribution in [1.82, 2.24) is 0 Å². The fraction of sp³-hybridized carbons (Fsp3) is 0. The van der Waals surface area contributed by atoms with Gasteiger partial charge in [0.2, 0.25) is 12.3 Å². The smallest absolute Gasteiger partial charge is 0.790 e. The zero-order chi connectivity index (χ0) is 16.2. The molecule has 0 amide bonds. The summed E-state index contributed by atoms with van der Waals surface area (Å²) in [6.07, 6.45) is -4.17. The van der Waals surface area contributed by atoms with E-state index in [1.165, 1.54) is 0 Å². The Hall–Kier alpha value is 4.40. The molecule has 21 heteroatoms. The van der Waals surface area contributed by atoms with Crippen LogP contribution in [0.2, 0.25) is 0 Å². The van der Waals surface area contributed by atoms with Crippen LogP contribution in [0.4, 0.5) is 9.59 Å². The molecule has 0 aliphatic rings. The van der Waals surface area contributed by atoms with Crippen LogP contribution in [0, 0.1) is 0 Å². The molecule has 0 saturated heterocycles. The molecule has 0 unspecified atom stereocenters. The molecule has 0 fully saturated rings. The summed E-state index contributed by atoms with van der Waals surface area (Å²) in [5.41, 5.74) is 0. The van der Waals surface area contributed by atoms with Crippen molar-refractivity contribution in [3.63, 3.8) is 0 Å². The summed E-state index contributed by atoms with van der Waals surface area (Å²) in [6, 6.07) is 0. The summed E-state index contributed by atoms with van der Waals surface area (Å²) in [4.78, 5) is 64.1. The number of hydrogen-bond donors (Lipinski definition) is 5. The van der Waals surface area contributed by atoms with Gasteiger partial charge in [-0.05, 0) is 0 Å². The minimum absolute atomic E-state index is 0. The molecule has 5 N–H and O–H groups in total. The molecule has 0 heterocycles. The topological polar surface area (TPSA) is 285 Å². The summed E-state index contributed by atoms with van der Waals surface area (Å²) < 4.78 is 17.4. The molecule has 23 heavy (non-hydrogen) atoms. The largest absolute Gasteiger partial charge is 1.00 e. The molecule has 0 aromatic rings. The molecule has 0 aromatic heterocycles. The summed E-state index contributed by atoms with van der Waals surface area (Å²) >= 11 is 0. The van der Waals surface area contributed by atoms with Crippen molar-refractivity contribution < 1.29 is 238 Å². The van der Waals surface area contributed by atoms with Crippen LogP contribution in [0.5, 0.6) is 0 Å².